The number of halogens is 1. The summed E-state index contributed by atoms with van der Waals surface area (Å²) in [5.41, 5.74) is 2.71. The second-order valence-electron chi connectivity index (χ2n) is 9.24. The molecule has 1 aromatic carbocycles. The average molecular weight is 447 g/mol. The molecule has 1 aromatic rings. The molecule has 0 aromatic heterocycles. The molecule has 28 heavy (non-hydrogen) atoms. The Hall–Kier alpha value is -1.36. The molecule has 5 rings (SSSR count). The van der Waals surface area contributed by atoms with Crippen molar-refractivity contribution in [3.63, 3.8) is 0 Å². The van der Waals surface area contributed by atoms with Gasteiger partial charge in [0.25, 0.3) is 0 Å². The first-order chi connectivity index (χ1) is 13.5. The largest absolute Gasteiger partial charge is 0.355 e. The Morgan fingerprint density at radius 3 is 2.18 bits per heavy atom. The molecule has 4 saturated carbocycles. The number of nitrogens with one attached hydrogen (secondary N) is 2. The number of hydrogen-bond donors (Lipinski definition) is 2. The molecule has 2 amide bonds. The minimum atomic E-state index is -0.187. The zero-order valence-corrected chi connectivity index (χ0v) is 18.3. The van der Waals surface area contributed by atoms with Crippen LogP contribution in [0, 0.1) is 17.8 Å². The number of anilines is 1. The summed E-state index contributed by atoms with van der Waals surface area (Å²) < 4.78 is 0. The lowest BCUT2D eigenvalue weighted by molar-refractivity contribution is -0.120. The summed E-state index contributed by atoms with van der Waals surface area (Å²) >= 11 is 3.31. The first-order valence-electron chi connectivity index (χ1n) is 10.8. The molecule has 2 N–H and O–H groups in total. The molecule has 4 bridgehead atoms. The third-order valence-corrected chi connectivity index (χ3v) is 8.18. The van der Waals surface area contributed by atoms with Crippen LogP contribution in [0.3, 0.4) is 0 Å². The summed E-state index contributed by atoms with van der Waals surface area (Å²) in [6.45, 7) is 2.30. The summed E-state index contributed by atoms with van der Waals surface area (Å²) in [4.78, 5) is 23.7. The van der Waals surface area contributed by atoms with Crippen LogP contribution in [0.2, 0.25) is 0 Å². The molecule has 0 heterocycles. The lowest BCUT2D eigenvalue weighted by atomic mass is 9.48. The Labute approximate surface area is 176 Å². The summed E-state index contributed by atoms with van der Waals surface area (Å²) in [5.74, 6) is 2.69. The molecule has 0 aliphatic heterocycles. The van der Waals surface area contributed by atoms with Crippen molar-refractivity contribution in [2.24, 2.45) is 17.8 Å². The average Bonchev–Trinajstić information content (AvgIpc) is 2.66. The van der Waals surface area contributed by atoms with Crippen LogP contribution in [0.25, 0.3) is 0 Å². The van der Waals surface area contributed by atoms with E-state index in [1.807, 2.05) is 6.92 Å². The fourth-order valence-corrected chi connectivity index (χ4v) is 6.35. The van der Waals surface area contributed by atoms with Gasteiger partial charge < -0.3 is 10.6 Å². The first-order valence-corrected chi connectivity index (χ1v) is 11.7. The quantitative estimate of drug-likeness (QED) is 0.592. The van der Waals surface area contributed by atoms with E-state index in [1.165, 1.54) is 44.1 Å². The maximum Gasteiger partial charge on any atom is 0.233 e. The highest BCUT2D eigenvalue weighted by molar-refractivity contribution is 9.10. The van der Waals surface area contributed by atoms with E-state index in [9.17, 15) is 9.59 Å². The third kappa shape index (κ3) is 4.14. The van der Waals surface area contributed by atoms with Gasteiger partial charge in [0, 0.05) is 18.7 Å². The van der Waals surface area contributed by atoms with Crippen LogP contribution in [-0.4, -0.2) is 23.2 Å². The lowest BCUT2D eigenvalue weighted by Gasteiger charge is -2.57. The number of amides is 2. The molecular formula is C23H31BrN2O2. The minimum absolute atomic E-state index is 0.0600. The first kappa shape index (κ1) is 19.9. The van der Waals surface area contributed by atoms with Crippen molar-refractivity contribution in [1.29, 1.82) is 0 Å². The van der Waals surface area contributed by atoms with E-state index < -0.39 is 0 Å². The number of carbonyl (C=O) groups excluding carboxylic acids is 2. The maximum atomic E-state index is 12.2. The summed E-state index contributed by atoms with van der Waals surface area (Å²) in [6.07, 6.45) is 9.46. The van der Waals surface area contributed by atoms with Gasteiger partial charge in [-0.3, -0.25) is 9.59 Å². The molecule has 5 heteroatoms. The normalized spacial score (nSPS) is 31.4. The van der Waals surface area contributed by atoms with E-state index >= 15 is 0 Å². The van der Waals surface area contributed by atoms with Crippen LogP contribution >= 0.6 is 15.9 Å². The zero-order chi connectivity index (χ0) is 19.7. The summed E-state index contributed by atoms with van der Waals surface area (Å²) in [7, 11) is 0. The van der Waals surface area contributed by atoms with Gasteiger partial charge in [0.05, 0.1) is 4.83 Å². The summed E-state index contributed by atoms with van der Waals surface area (Å²) in [6, 6.07) is 8.58. The Morgan fingerprint density at radius 2 is 1.64 bits per heavy atom. The number of hydrogen-bond acceptors (Lipinski definition) is 2. The fraction of sp³-hybridized carbons (Fsp3) is 0.652. The van der Waals surface area contributed by atoms with Crippen LogP contribution < -0.4 is 10.6 Å². The van der Waals surface area contributed by atoms with Gasteiger partial charge in [-0.05, 0) is 85.8 Å². The van der Waals surface area contributed by atoms with Crippen molar-refractivity contribution >= 4 is 33.4 Å². The number of benzene rings is 1. The van der Waals surface area contributed by atoms with Crippen molar-refractivity contribution in [2.45, 2.75) is 68.5 Å². The third-order valence-electron chi connectivity index (χ3n) is 7.11. The standard InChI is InChI=1S/C23H31BrN2O2/c1-2-20(24)22(28)25-8-7-21(27)26-19-5-3-18(4-6-19)23-12-15-9-16(13-23)11-17(10-15)14-23/h3-6,15-17,20H,2,7-14H2,1H3,(H,25,28)(H,26,27)/t15?,16?,17?,20-,23?/m0/s1. The van der Waals surface area contributed by atoms with Gasteiger partial charge in [-0.25, -0.2) is 0 Å². The highest BCUT2D eigenvalue weighted by Gasteiger charge is 2.51. The number of alkyl halides is 1. The molecule has 0 saturated heterocycles. The Bertz CT molecular complexity index is 695. The van der Waals surface area contributed by atoms with Crippen LogP contribution in [0.5, 0.6) is 0 Å². The molecule has 0 radical (unpaired) electrons. The second kappa shape index (κ2) is 8.17. The predicted octanol–water partition coefficient (Wildman–Crippen LogP) is 4.77. The Balaban J connectivity index is 1.30. The van der Waals surface area contributed by atoms with Gasteiger partial charge in [0.15, 0.2) is 0 Å². The highest BCUT2D eigenvalue weighted by Crippen LogP contribution is 2.60. The van der Waals surface area contributed by atoms with E-state index in [1.54, 1.807) is 0 Å². The van der Waals surface area contributed by atoms with E-state index in [0.717, 1.165) is 29.9 Å². The fourth-order valence-electron chi connectivity index (χ4n) is 6.19. The topological polar surface area (TPSA) is 58.2 Å². The molecule has 4 nitrogen and oxygen atoms in total. The van der Waals surface area contributed by atoms with E-state index in [4.69, 9.17) is 0 Å². The predicted molar refractivity (Wildman–Crippen MR) is 116 cm³/mol. The maximum absolute atomic E-state index is 12.2. The van der Waals surface area contributed by atoms with Crippen LogP contribution in [0.4, 0.5) is 5.69 Å². The van der Waals surface area contributed by atoms with Crippen molar-refractivity contribution in [2.75, 3.05) is 11.9 Å². The van der Waals surface area contributed by atoms with Crippen LogP contribution in [0.15, 0.2) is 24.3 Å². The molecular weight excluding hydrogens is 416 g/mol. The number of rotatable bonds is 7. The van der Waals surface area contributed by atoms with Crippen molar-refractivity contribution in [1.82, 2.24) is 5.32 Å². The van der Waals surface area contributed by atoms with Gasteiger partial charge in [0.1, 0.15) is 0 Å². The molecule has 4 aliphatic rings. The Morgan fingerprint density at radius 1 is 1.07 bits per heavy atom. The molecule has 4 aliphatic carbocycles. The monoisotopic (exact) mass is 446 g/mol. The zero-order valence-electron chi connectivity index (χ0n) is 16.7. The second-order valence-corrected chi connectivity index (χ2v) is 10.3. The molecule has 0 spiro atoms. The summed E-state index contributed by atoms with van der Waals surface area (Å²) in [5, 5.41) is 5.74. The van der Waals surface area contributed by atoms with Gasteiger partial charge in [-0.15, -0.1) is 0 Å². The van der Waals surface area contributed by atoms with Crippen molar-refractivity contribution in [3.8, 4) is 0 Å². The number of carbonyl (C=O) groups is 2. The van der Waals surface area contributed by atoms with E-state index in [0.29, 0.717) is 12.0 Å². The molecule has 1 atom stereocenters. The van der Waals surface area contributed by atoms with Gasteiger partial charge in [-0.1, -0.05) is 35.0 Å². The molecule has 4 fully saturated rings. The Kier molecular flexibility index (Phi) is 5.82. The smallest absolute Gasteiger partial charge is 0.233 e. The molecule has 152 valence electrons. The van der Waals surface area contributed by atoms with Gasteiger partial charge in [-0.2, -0.15) is 0 Å². The van der Waals surface area contributed by atoms with Crippen molar-refractivity contribution < 1.29 is 9.59 Å². The van der Waals surface area contributed by atoms with Crippen LogP contribution in [0.1, 0.15) is 63.9 Å². The SMILES string of the molecule is CC[C@H](Br)C(=O)NCCC(=O)Nc1ccc(C23CC4CC(CC(C4)C2)C3)cc1. The lowest BCUT2D eigenvalue weighted by Crippen LogP contribution is -2.48. The van der Waals surface area contributed by atoms with E-state index in [-0.39, 0.29) is 23.1 Å². The van der Waals surface area contributed by atoms with Gasteiger partial charge in [0.2, 0.25) is 11.8 Å². The van der Waals surface area contributed by atoms with Crippen LogP contribution in [-0.2, 0) is 15.0 Å². The highest BCUT2D eigenvalue weighted by atomic mass is 79.9. The minimum Gasteiger partial charge on any atom is -0.355 e. The van der Waals surface area contributed by atoms with E-state index in [2.05, 4.69) is 50.8 Å². The molecule has 0 unspecified atom stereocenters. The van der Waals surface area contributed by atoms with Gasteiger partial charge >= 0.3 is 0 Å². The van der Waals surface area contributed by atoms with Crippen molar-refractivity contribution in [3.05, 3.63) is 29.8 Å².